The topological polar surface area (TPSA) is 39.1 Å². The van der Waals surface area contributed by atoms with Gasteiger partial charge in [-0.3, -0.25) is 0 Å². The number of anilines is 1. The van der Waals surface area contributed by atoms with Gasteiger partial charge in [0.25, 0.3) is 0 Å². The van der Waals surface area contributed by atoms with Crippen LogP contribution in [0.4, 0.5) is 5.95 Å². The van der Waals surface area contributed by atoms with Crippen LogP contribution in [0.5, 0.6) is 0 Å². The van der Waals surface area contributed by atoms with Crippen LogP contribution < -0.4 is 5.32 Å². The molecule has 1 aliphatic carbocycles. The maximum atomic E-state index is 5.09. The van der Waals surface area contributed by atoms with Gasteiger partial charge in [-0.2, -0.15) is 0 Å². The quantitative estimate of drug-likeness (QED) is 0.740. The minimum absolute atomic E-state index is 0.479. The van der Waals surface area contributed by atoms with E-state index in [1.807, 2.05) is 6.20 Å². The van der Waals surface area contributed by atoms with Crippen molar-refractivity contribution in [2.24, 2.45) is 11.3 Å². The maximum absolute atomic E-state index is 5.09. The third-order valence-electron chi connectivity index (χ3n) is 4.32. The number of methoxy groups -OCH3 is 1. The summed E-state index contributed by atoms with van der Waals surface area (Å²) in [6.45, 7) is 7.30. The van der Waals surface area contributed by atoms with Crippen LogP contribution in [0.1, 0.15) is 46.0 Å². The number of ether oxygens (including phenoxy) is 1. The zero-order chi connectivity index (χ0) is 14.4. The van der Waals surface area contributed by atoms with Gasteiger partial charge in [0, 0.05) is 32.6 Å². The molecule has 4 heteroatoms. The summed E-state index contributed by atoms with van der Waals surface area (Å²) in [4.78, 5) is 4.44. The third-order valence-corrected chi connectivity index (χ3v) is 4.32. The van der Waals surface area contributed by atoms with E-state index >= 15 is 0 Å². The van der Waals surface area contributed by atoms with Gasteiger partial charge >= 0.3 is 0 Å². The molecule has 1 fully saturated rings. The Bertz CT molecular complexity index is 394. The molecule has 20 heavy (non-hydrogen) atoms. The second-order valence-electron chi connectivity index (χ2n) is 6.60. The van der Waals surface area contributed by atoms with Gasteiger partial charge in [0.1, 0.15) is 0 Å². The van der Waals surface area contributed by atoms with Gasteiger partial charge in [-0.25, -0.2) is 4.98 Å². The van der Waals surface area contributed by atoms with Gasteiger partial charge in [-0.15, -0.1) is 0 Å². The summed E-state index contributed by atoms with van der Waals surface area (Å²) >= 11 is 0. The average molecular weight is 279 g/mol. The van der Waals surface area contributed by atoms with E-state index in [1.165, 1.54) is 32.1 Å². The Morgan fingerprint density at radius 1 is 1.40 bits per heavy atom. The van der Waals surface area contributed by atoms with Crippen LogP contribution in [-0.2, 0) is 11.3 Å². The van der Waals surface area contributed by atoms with Crippen molar-refractivity contribution < 1.29 is 4.74 Å². The highest BCUT2D eigenvalue weighted by Crippen LogP contribution is 2.44. The fourth-order valence-electron chi connectivity index (χ4n) is 3.65. The number of rotatable bonds is 8. The van der Waals surface area contributed by atoms with Crippen LogP contribution >= 0.6 is 0 Å². The highest BCUT2D eigenvalue weighted by atomic mass is 16.5. The zero-order valence-electron chi connectivity index (χ0n) is 13.2. The largest absolute Gasteiger partial charge is 0.383 e. The van der Waals surface area contributed by atoms with E-state index in [0.29, 0.717) is 12.0 Å². The Kier molecular flexibility index (Phi) is 5.46. The molecular formula is C16H29N3O. The lowest BCUT2D eigenvalue weighted by Gasteiger charge is -2.32. The second kappa shape index (κ2) is 7.11. The molecule has 0 bridgehead atoms. The number of aromatic nitrogens is 2. The van der Waals surface area contributed by atoms with E-state index in [1.54, 1.807) is 7.11 Å². The van der Waals surface area contributed by atoms with Gasteiger partial charge in [0.2, 0.25) is 5.95 Å². The molecule has 4 nitrogen and oxygen atoms in total. The van der Waals surface area contributed by atoms with E-state index < -0.39 is 0 Å². The molecule has 1 heterocycles. The van der Waals surface area contributed by atoms with Gasteiger partial charge in [0.05, 0.1) is 6.61 Å². The molecule has 0 radical (unpaired) electrons. The van der Waals surface area contributed by atoms with Crippen molar-refractivity contribution in [3.8, 4) is 0 Å². The molecule has 1 aromatic rings. The minimum Gasteiger partial charge on any atom is -0.383 e. The molecule has 0 aliphatic heterocycles. The number of imidazole rings is 1. The molecule has 0 unspecified atom stereocenters. The van der Waals surface area contributed by atoms with Crippen molar-refractivity contribution in [1.29, 1.82) is 0 Å². The molecule has 0 atom stereocenters. The predicted octanol–water partition coefficient (Wildman–Crippen LogP) is 3.55. The summed E-state index contributed by atoms with van der Waals surface area (Å²) in [5.74, 6) is 1.75. The van der Waals surface area contributed by atoms with E-state index in [9.17, 15) is 0 Å². The number of nitrogens with one attached hydrogen (secondary N) is 1. The molecule has 2 rings (SSSR count). The summed E-state index contributed by atoms with van der Waals surface area (Å²) in [5.41, 5.74) is 0.479. The molecule has 1 N–H and O–H groups in total. The maximum Gasteiger partial charge on any atom is 0.202 e. The van der Waals surface area contributed by atoms with Crippen molar-refractivity contribution >= 4 is 5.95 Å². The van der Waals surface area contributed by atoms with Crippen molar-refractivity contribution in [3.63, 3.8) is 0 Å². The van der Waals surface area contributed by atoms with Crippen LogP contribution in [-0.4, -0.2) is 29.8 Å². The van der Waals surface area contributed by atoms with Crippen molar-refractivity contribution in [2.75, 3.05) is 25.6 Å². The molecule has 0 amide bonds. The van der Waals surface area contributed by atoms with E-state index in [0.717, 1.165) is 25.0 Å². The average Bonchev–Trinajstić information content (AvgIpc) is 3.00. The van der Waals surface area contributed by atoms with Crippen LogP contribution in [0.2, 0.25) is 0 Å². The molecular weight excluding hydrogens is 250 g/mol. The van der Waals surface area contributed by atoms with Gasteiger partial charge in [-0.05, 0) is 30.6 Å². The minimum atomic E-state index is 0.479. The Labute approximate surface area is 122 Å². The summed E-state index contributed by atoms with van der Waals surface area (Å²) in [6.07, 6.45) is 10.8. The second-order valence-corrected chi connectivity index (χ2v) is 6.60. The Morgan fingerprint density at radius 3 is 2.80 bits per heavy atom. The molecule has 1 saturated carbocycles. The van der Waals surface area contributed by atoms with E-state index in [-0.39, 0.29) is 0 Å². The van der Waals surface area contributed by atoms with Crippen molar-refractivity contribution in [2.45, 2.75) is 52.5 Å². The third kappa shape index (κ3) is 3.98. The van der Waals surface area contributed by atoms with E-state index in [4.69, 9.17) is 4.74 Å². The van der Waals surface area contributed by atoms with Crippen molar-refractivity contribution in [1.82, 2.24) is 9.55 Å². The standard InChI is InChI=1S/C16H29N3O/c1-14(2)12-16(6-4-5-7-16)13-19-10-8-17-15(19)18-9-11-20-3/h8,10,14H,4-7,9,11-13H2,1-3H3,(H,17,18). The Morgan fingerprint density at radius 2 is 2.15 bits per heavy atom. The van der Waals surface area contributed by atoms with Crippen LogP contribution in [0.15, 0.2) is 12.4 Å². The van der Waals surface area contributed by atoms with Crippen LogP contribution in [0.25, 0.3) is 0 Å². The first kappa shape index (κ1) is 15.4. The van der Waals surface area contributed by atoms with Gasteiger partial charge < -0.3 is 14.6 Å². The molecule has 114 valence electrons. The monoisotopic (exact) mass is 279 g/mol. The summed E-state index contributed by atoms with van der Waals surface area (Å²) < 4.78 is 7.38. The highest BCUT2D eigenvalue weighted by Gasteiger charge is 2.35. The lowest BCUT2D eigenvalue weighted by atomic mass is 9.78. The lowest BCUT2D eigenvalue weighted by molar-refractivity contribution is 0.197. The first-order chi connectivity index (χ1) is 9.65. The zero-order valence-corrected chi connectivity index (χ0v) is 13.2. The number of hydrogen-bond donors (Lipinski definition) is 1. The van der Waals surface area contributed by atoms with Crippen LogP contribution in [0, 0.1) is 11.3 Å². The summed E-state index contributed by atoms with van der Waals surface area (Å²) in [7, 11) is 1.73. The van der Waals surface area contributed by atoms with Gasteiger partial charge in [-0.1, -0.05) is 26.7 Å². The molecule has 1 aromatic heterocycles. The number of hydrogen-bond acceptors (Lipinski definition) is 3. The first-order valence-electron chi connectivity index (χ1n) is 7.89. The highest BCUT2D eigenvalue weighted by molar-refractivity contribution is 5.25. The molecule has 0 aromatic carbocycles. The Balaban J connectivity index is 2.01. The smallest absolute Gasteiger partial charge is 0.202 e. The fourth-order valence-corrected chi connectivity index (χ4v) is 3.65. The number of nitrogens with zero attached hydrogens (tertiary/aromatic N) is 2. The molecule has 1 aliphatic rings. The van der Waals surface area contributed by atoms with Gasteiger partial charge in [0.15, 0.2) is 0 Å². The summed E-state index contributed by atoms with van der Waals surface area (Å²) in [5, 5.41) is 3.37. The predicted molar refractivity (Wildman–Crippen MR) is 82.9 cm³/mol. The van der Waals surface area contributed by atoms with Crippen LogP contribution in [0.3, 0.4) is 0 Å². The lowest BCUT2D eigenvalue weighted by Crippen LogP contribution is -2.26. The fraction of sp³-hybridized carbons (Fsp3) is 0.812. The summed E-state index contributed by atoms with van der Waals surface area (Å²) in [6, 6.07) is 0. The first-order valence-corrected chi connectivity index (χ1v) is 7.89. The van der Waals surface area contributed by atoms with Crippen molar-refractivity contribution in [3.05, 3.63) is 12.4 Å². The molecule has 0 saturated heterocycles. The SMILES string of the molecule is COCCNc1nccn1CC1(CC(C)C)CCCC1. The van der Waals surface area contributed by atoms with E-state index in [2.05, 4.69) is 34.9 Å². The Hall–Kier alpha value is -1.03. The normalized spacial score (nSPS) is 17.8. The molecule has 0 spiro atoms.